The number of carbonyl (C=O) groups excluding carboxylic acids is 1. The molecule has 2 amide bonds. The number of carboxylic acids is 1. The number of benzene rings is 1. The summed E-state index contributed by atoms with van der Waals surface area (Å²) in [6.07, 6.45) is 1.36. The zero-order chi connectivity index (χ0) is 14.5. The molecule has 0 bridgehead atoms. The smallest absolute Gasteiger partial charge is 0.335 e. The molecule has 1 aromatic carbocycles. The van der Waals surface area contributed by atoms with Gasteiger partial charge in [0.25, 0.3) is 0 Å². The van der Waals surface area contributed by atoms with Crippen LogP contribution in [0, 0.1) is 0 Å². The number of H-pyrrole nitrogens is 1. The Morgan fingerprint density at radius 1 is 1.45 bits per heavy atom. The van der Waals surface area contributed by atoms with Gasteiger partial charge in [0.2, 0.25) is 0 Å². The Kier molecular flexibility index (Phi) is 3.94. The predicted octanol–water partition coefficient (Wildman–Crippen LogP) is 1.17. The molecule has 3 N–H and O–H groups in total. The van der Waals surface area contributed by atoms with Crippen LogP contribution in [-0.4, -0.2) is 44.2 Å². The van der Waals surface area contributed by atoms with Gasteiger partial charge in [-0.15, -0.1) is 0 Å². The van der Waals surface area contributed by atoms with Crippen molar-refractivity contribution in [2.75, 3.05) is 12.4 Å². The largest absolute Gasteiger partial charge is 0.478 e. The summed E-state index contributed by atoms with van der Waals surface area (Å²) in [5, 5.41) is 17.8. The van der Waals surface area contributed by atoms with Gasteiger partial charge in [-0.3, -0.25) is 5.10 Å². The second-order valence-corrected chi connectivity index (χ2v) is 4.10. The van der Waals surface area contributed by atoms with Crippen LogP contribution < -0.4 is 5.32 Å². The summed E-state index contributed by atoms with van der Waals surface area (Å²) >= 11 is 0. The van der Waals surface area contributed by atoms with Crippen molar-refractivity contribution in [1.82, 2.24) is 20.1 Å². The molecule has 2 aromatic rings. The number of aromatic carboxylic acids is 1. The molecule has 0 aliphatic carbocycles. The average Bonchev–Trinajstić information content (AvgIpc) is 2.91. The standard InChI is InChI=1S/C12H13N5O3/c1-17(6-10-13-7-14-16-10)12(20)15-9-4-2-3-8(5-9)11(18)19/h2-5,7H,6H2,1H3,(H,15,20)(H,18,19)(H,13,14,16). The van der Waals surface area contributed by atoms with E-state index >= 15 is 0 Å². The Hall–Kier alpha value is -2.90. The number of amides is 2. The van der Waals surface area contributed by atoms with Crippen molar-refractivity contribution in [2.45, 2.75) is 6.54 Å². The van der Waals surface area contributed by atoms with E-state index in [0.717, 1.165) is 0 Å². The first-order chi connectivity index (χ1) is 9.56. The van der Waals surface area contributed by atoms with E-state index in [1.165, 1.54) is 23.4 Å². The number of hydrogen-bond donors (Lipinski definition) is 3. The maximum Gasteiger partial charge on any atom is 0.335 e. The van der Waals surface area contributed by atoms with Gasteiger partial charge in [0.15, 0.2) is 0 Å². The van der Waals surface area contributed by atoms with Crippen LogP contribution in [0.15, 0.2) is 30.6 Å². The van der Waals surface area contributed by atoms with Crippen LogP contribution in [0.25, 0.3) is 0 Å². The lowest BCUT2D eigenvalue weighted by molar-refractivity contribution is 0.0697. The number of aromatic amines is 1. The van der Waals surface area contributed by atoms with Crippen LogP contribution in [0.1, 0.15) is 16.2 Å². The molecule has 0 fully saturated rings. The average molecular weight is 275 g/mol. The van der Waals surface area contributed by atoms with Gasteiger partial charge in [-0.05, 0) is 18.2 Å². The van der Waals surface area contributed by atoms with Crippen LogP contribution >= 0.6 is 0 Å². The molecule has 0 saturated heterocycles. The zero-order valence-electron chi connectivity index (χ0n) is 10.7. The van der Waals surface area contributed by atoms with Crippen LogP contribution in [0.3, 0.4) is 0 Å². The summed E-state index contributed by atoms with van der Waals surface area (Å²) in [5.74, 6) is -0.488. The molecule has 0 aliphatic rings. The maximum atomic E-state index is 11.9. The van der Waals surface area contributed by atoms with Crippen molar-refractivity contribution < 1.29 is 14.7 Å². The highest BCUT2D eigenvalue weighted by atomic mass is 16.4. The van der Waals surface area contributed by atoms with Crippen molar-refractivity contribution in [2.24, 2.45) is 0 Å². The number of carbonyl (C=O) groups is 2. The molecule has 1 heterocycles. The summed E-state index contributed by atoms with van der Waals surface area (Å²) in [5.41, 5.74) is 0.528. The van der Waals surface area contributed by atoms with E-state index in [4.69, 9.17) is 5.11 Å². The van der Waals surface area contributed by atoms with Crippen LogP contribution in [-0.2, 0) is 6.54 Å². The summed E-state index contributed by atoms with van der Waals surface area (Å²) in [6.45, 7) is 0.268. The molecule has 2 rings (SSSR count). The minimum absolute atomic E-state index is 0.112. The molecule has 0 atom stereocenters. The van der Waals surface area contributed by atoms with E-state index in [-0.39, 0.29) is 18.1 Å². The van der Waals surface area contributed by atoms with E-state index in [0.29, 0.717) is 11.5 Å². The monoisotopic (exact) mass is 275 g/mol. The van der Waals surface area contributed by atoms with Crippen molar-refractivity contribution in [3.05, 3.63) is 42.0 Å². The fourth-order valence-corrected chi connectivity index (χ4v) is 1.55. The van der Waals surface area contributed by atoms with E-state index in [9.17, 15) is 9.59 Å². The van der Waals surface area contributed by atoms with E-state index in [1.807, 2.05) is 0 Å². The summed E-state index contributed by atoms with van der Waals surface area (Å²) in [4.78, 5) is 28.1. The normalized spacial score (nSPS) is 10.1. The molecule has 0 radical (unpaired) electrons. The number of aromatic nitrogens is 3. The second-order valence-electron chi connectivity index (χ2n) is 4.10. The lowest BCUT2D eigenvalue weighted by atomic mass is 10.2. The summed E-state index contributed by atoms with van der Waals surface area (Å²) in [6, 6.07) is 5.66. The quantitative estimate of drug-likeness (QED) is 0.775. The number of nitrogens with zero attached hydrogens (tertiary/aromatic N) is 3. The fourth-order valence-electron chi connectivity index (χ4n) is 1.55. The Balaban J connectivity index is 2.00. The Morgan fingerprint density at radius 2 is 2.25 bits per heavy atom. The molecule has 8 nitrogen and oxygen atoms in total. The predicted molar refractivity (Wildman–Crippen MR) is 70.3 cm³/mol. The van der Waals surface area contributed by atoms with Crippen molar-refractivity contribution in [3.63, 3.8) is 0 Å². The Morgan fingerprint density at radius 3 is 2.90 bits per heavy atom. The molecule has 0 unspecified atom stereocenters. The molecule has 8 heteroatoms. The Bertz CT molecular complexity index is 611. The molecule has 0 aliphatic heterocycles. The SMILES string of the molecule is CN(Cc1ncn[nH]1)C(=O)Nc1cccc(C(=O)O)c1. The zero-order valence-corrected chi connectivity index (χ0v) is 10.7. The number of rotatable bonds is 4. The van der Waals surface area contributed by atoms with Gasteiger partial charge in [0.1, 0.15) is 12.2 Å². The lowest BCUT2D eigenvalue weighted by Crippen LogP contribution is -2.31. The van der Waals surface area contributed by atoms with Gasteiger partial charge >= 0.3 is 12.0 Å². The van der Waals surface area contributed by atoms with Crippen molar-refractivity contribution in [3.8, 4) is 0 Å². The second kappa shape index (κ2) is 5.83. The highest BCUT2D eigenvalue weighted by Gasteiger charge is 2.11. The minimum Gasteiger partial charge on any atom is -0.478 e. The van der Waals surface area contributed by atoms with Crippen LogP contribution in [0.4, 0.5) is 10.5 Å². The molecule has 1 aromatic heterocycles. The third kappa shape index (κ3) is 3.31. The minimum atomic E-state index is -1.05. The highest BCUT2D eigenvalue weighted by Crippen LogP contribution is 2.11. The van der Waals surface area contributed by atoms with Gasteiger partial charge in [-0.1, -0.05) is 6.07 Å². The summed E-state index contributed by atoms with van der Waals surface area (Å²) in [7, 11) is 1.60. The first-order valence-corrected chi connectivity index (χ1v) is 5.76. The topological polar surface area (TPSA) is 111 Å². The van der Waals surface area contributed by atoms with Crippen LogP contribution in [0.2, 0.25) is 0 Å². The molecule has 0 spiro atoms. The number of anilines is 1. The first kappa shape index (κ1) is 13.5. The fraction of sp³-hybridized carbons (Fsp3) is 0.167. The number of carboxylic acid groups (broad SMARTS) is 1. The van der Waals surface area contributed by atoms with E-state index in [1.54, 1.807) is 19.2 Å². The molecule has 0 saturated carbocycles. The maximum absolute atomic E-state index is 11.9. The number of hydrogen-bond acceptors (Lipinski definition) is 4. The van der Waals surface area contributed by atoms with Gasteiger partial charge < -0.3 is 15.3 Å². The molecule has 104 valence electrons. The van der Waals surface area contributed by atoms with E-state index in [2.05, 4.69) is 20.5 Å². The van der Waals surface area contributed by atoms with Gasteiger partial charge in [-0.25, -0.2) is 14.6 Å². The van der Waals surface area contributed by atoms with Crippen LogP contribution in [0.5, 0.6) is 0 Å². The summed E-state index contributed by atoms with van der Waals surface area (Å²) < 4.78 is 0. The Labute approximate surface area is 114 Å². The van der Waals surface area contributed by atoms with Gasteiger partial charge in [-0.2, -0.15) is 5.10 Å². The molecular weight excluding hydrogens is 262 g/mol. The van der Waals surface area contributed by atoms with Gasteiger partial charge in [0.05, 0.1) is 12.1 Å². The highest BCUT2D eigenvalue weighted by molar-refractivity contribution is 5.93. The third-order valence-corrected chi connectivity index (χ3v) is 2.56. The number of nitrogens with one attached hydrogen (secondary N) is 2. The van der Waals surface area contributed by atoms with E-state index < -0.39 is 5.97 Å². The molecule has 20 heavy (non-hydrogen) atoms. The third-order valence-electron chi connectivity index (χ3n) is 2.56. The number of urea groups is 1. The van der Waals surface area contributed by atoms with Crippen molar-refractivity contribution in [1.29, 1.82) is 0 Å². The lowest BCUT2D eigenvalue weighted by Gasteiger charge is -2.16. The van der Waals surface area contributed by atoms with Crippen molar-refractivity contribution >= 4 is 17.7 Å². The molecular formula is C12H13N5O3. The van der Waals surface area contributed by atoms with Gasteiger partial charge in [0, 0.05) is 12.7 Å². The first-order valence-electron chi connectivity index (χ1n) is 5.76.